The molecule has 132 valence electrons. The van der Waals surface area contributed by atoms with E-state index < -0.39 is 0 Å². The van der Waals surface area contributed by atoms with E-state index in [2.05, 4.69) is 17.2 Å². The summed E-state index contributed by atoms with van der Waals surface area (Å²) in [6.07, 6.45) is 2.32. The molecule has 26 heavy (non-hydrogen) atoms. The second kappa shape index (κ2) is 6.61. The molecule has 1 aliphatic heterocycles. The number of nitrogens with zero attached hydrogens (tertiary/aromatic N) is 3. The second-order valence-electron chi connectivity index (χ2n) is 6.69. The number of halogens is 1. The fourth-order valence-corrected chi connectivity index (χ4v) is 3.88. The minimum absolute atomic E-state index is 0.0493. The Labute approximate surface area is 157 Å². The molecule has 3 aromatic rings. The van der Waals surface area contributed by atoms with Crippen LogP contribution >= 0.6 is 11.6 Å². The summed E-state index contributed by atoms with van der Waals surface area (Å²) in [4.78, 5) is 19.4. The fraction of sp³-hybridized carbons (Fsp3) is 0.238. The lowest BCUT2D eigenvalue weighted by Gasteiger charge is -2.19. The lowest BCUT2D eigenvalue weighted by molar-refractivity contribution is -0.117. The molecule has 2 aromatic carbocycles. The first-order valence-electron chi connectivity index (χ1n) is 8.71. The molecule has 0 N–H and O–H groups in total. The number of fused-ring (bicyclic) bond motifs is 1. The highest BCUT2D eigenvalue weighted by atomic mass is 35.5. The summed E-state index contributed by atoms with van der Waals surface area (Å²) >= 11 is 6.15. The molecular formula is C21H20ClN3O. The van der Waals surface area contributed by atoms with Crippen molar-refractivity contribution in [2.75, 3.05) is 11.4 Å². The number of allylic oxidation sites excluding steroid dienone is 1. The number of anilines is 1. The van der Waals surface area contributed by atoms with Crippen molar-refractivity contribution in [3.63, 3.8) is 0 Å². The monoisotopic (exact) mass is 365 g/mol. The maximum absolute atomic E-state index is 12.7. The van der Waals surface area contributed by atoms with Crippen molar-refractivity contribution in [1.82, 2.24) is 9.55 Å². The number of amides is 1. The SMILES string of the molecule is C=CCn1c([C@@H]2CC(=O)N(c3cc(Cl)ccc3C)C2)nc2ccccc21. The van der Waals surface area contributed by atoms with Gasteiger partial charge in [0.1, 0.15) is 5.82 Å². The first-order chi connectivity index (χ1) is 12.6. The normalized spacial score (nSPS) is 17.2. The number of para-hydroxylation sites is 2. The van der Waals surface area contributed by atoms with Crippen LogP contribution in [0.2, 0.25) is 5.02 Å². The average Bonchev–Trinajstić information content (AvgIpc) is 3.18. The second-order valence-corrected chi connectivity index (χ2v) is 7.13. The van der Waals surface area contributed by atoms with Crippen molar-refractivity contribution in [3.05, 3.63) is 71.5 Å². The summed E-state index contributed by atoms with van der Waals surface area (Å²) in [6, 6.07) is 13.7. The highest BCUT2D eigenvalue weighted by Crippen LogP contribution is 2.35. The Morgan fingerprint density at radius 2 is 2.12 bits per heavy atom. The van der Waals surface area contributed by atoms with Crippen LogP contribution in [-0.2, 0) is 11.3 Å². The molecule has 4 rings (SSSR count). The molecule has 5 heteroatoms. The smallest absolute Gasteiger partial charge is 0.227 e. The van der Waals surface area contributed by atoms with Crippen LogP contribution in [0.4, 0.5) is 5.69 Å². The van der Waals surface area contributed by atoms with Gasteiger partial charge in [-0.25, -0.2) is 4.98 Å². The van der Waals surface area contributed by atoms with Gasteiger partial charge in [0.2, 0.25) is 5.91 Å². The Morgan fingerprint density at radius 3 is 2.92 bits per heavy atom. The van der Waals surface area contributed by atoms with E-state index in [1.165, 1.54) is 0 Å². The lowest BCUT2D eigenvalue weighted by atomic mass is 10.1. The average molecular weight is 366 g/mol. The Kier molecular flexibility index (Phi) is 4.29. The molecule has 1 aromatic heterocycles. The van der Waals surface area contributed by atoms with Gasteiger partial charge in [-0.05, 0) is 36.8 Å². The molecule has 0 bridgehead atoms. The summed E-state index contributed by atoms with van der Waals surface area (Å²) in [5, 5.41) is 0.640. The minimum Gasteiger partial charge on any atom is -0.324 e. The Bertz CT molecular complexity index is 1010. The zero-order valence-electron chi connectivity index (χ0n) is 14.7. The minimum atomic E-state index is 0.0493. The number of imidazole rings is 1. The van der Waals surface area contributed by atoms with Crippen molar-refractivity contribution in [1.29, 1.82) is 0 Å². The molecule has 4 nitrogen and oxygen atoms in total. The summed E-state index contributed by atoms with van der Waals surface area (Å²) in [5.74, 6) is 1.10. The van der Waals surface area contributed by atoms with Crippen molar-refractivity contribution in [2.45, 2.75) is 25.8 Å². The largest absolute Gasteiger partial charge is 0.324 e. The third-order valence-corrected chi connectivity index (χ3v) is 5.18. The van der Waals surface area contributed by atoms with Crippen LogP contribution in [0.3, 0.4) is 0 Å². The molecule has 0 aliphatic carbocycles. The van der Waals surface area contributed by atoms with Gasteiger partial charge < -0.3 is 9.47 Å². The third kappa shape index (κ3) is 2.80. The first-order valence-corrected chi connectivity index (χ1v) is 9.09. The predicted octanol–water partition coefficient (Wildman–Crippen LogP) is 4.70. The number of hydrogen-bond donors (Lipinski definition) is 0. The van der Waals surface area contributed by atoms with Gasteiger partial charge in [-0.15, -0.1) is 6.58 Å². The number of aryl methyl sites for hydroxylation is 1. The van der Waals surface area contributed by atoms with Crippen molar-refractivity contribution < 1.29 is 4.79 Å². The van der Waals surface area contributed by atoms with Gasteiger partial charge in [-0.3, -0.25) is 4.79 Å². The molecule has 0 saturated carbocycles. The van der Waals surface area contributed by atoms with Gasteiger partial charge in [0.25, 0.3) is 0 Å². The third-order valence-electron chi connectivity index (χ3n) is 4.95. The Morgan fingerprint density at radius 1 is 1.31 bits per heavy atom. The molecular weight excluding hydrogens is 346 g/mol. The maximum Gasteiger partial charge on any atom is 0.227 e. The van der Waals surface area contributed by atoms with E-state index in [1.807, 2.05) is 54.3 Å². The summed E-state index contributed by atoms with van der Waals surface area (Å²) in [5.41, 5.74) is 3.96. The highest BCUT2D eigenvalue weighted by molar-refractivity contribution is 6.31. The van der Waals surface area contributed by atoms with Crippen LogP contribution < -0.4 is 4.90 Å². The number of carbonyl (C=O) groups is 1. The number of hydrogen-bond acceptors (Lipinski definition) is 2. The van der Waals surface area contributed by atoms with Crippen molar-refractivity contribution in [3.8, 4) is 0 Å². The standard InChI is InChI=1S/C21H20ClN3O/c1-3-10-24-18-7-5-4-6-17(18)23-21(24)15-11-20(26)25(13-15)19-12-16(22)9-8-14(19)2/h3-9,12,15H,1,10-11,13H2,2H3/t15-/m1/s1. The van der Waals surface area contributed by atoms with Crippen LogP contribution in [0.15, 0.2) is 55.1 Å². The molecule has 0 unspecified atom stereocenters. The Hall–Kier alpha value is -2.59. The van der Waals surface area contributed by atoms with Gasteiger partial charge >= 0.3 is 0 Å². The van der Waals surface area contributed by atoms with E-state index >= 15 is 0 Å². The Balaban J connectivity index is 1.73. The maximum atomic E-state index is 12.7. The molecule has 1 amide bonds. The fourth-order valence-electron chi connectivity index (χ4n) is 3.71. The first kappa shape index (κ1) is 16.9. The molecule has 1 saturated heterocycles. The van der Waals surface area contributed by atoms with Crippen LogP contribution in [0, 0.1) is 6.92 Å². The quantitative estimate of drug-likeness (QED) is 0.628. The highest BCUT2D eigenvalue weighted by Gasteiger charge is 2.35. The lowest BCUT2D eigenvalue weighted by Crippen LogP contribution is -2.25. The van der Waals surface area contributed by atoms with E-state index in [0.29, 0.717) is 24.5 Å². The molecule has 2 heterocycles. The van der Waals surface area contributed by atoms with Crippen LogP contribution in [-0.4, -0.2) is 22.0 Å². The van der Waals surface area contributed by atoms with E-state index in [-0.39, 0.29) is 11.8 Å². The number of benzene rings is 2. The van der Waals surface area contributed by atoms with Crippen LogP contribution in [0.5, 0.6) is 0 Å². The van der Waals surface area contributed by atoms with Crippen molar-refractivity contribution in [2.24, 2.45) is 0 Å². The molecule has 0 spiro atoms. The summed E-state index contributed by atoms with van der Waals surface area (Å²) in [6.45, 7) is 7.16. The van der Waals surface area contributed by atoms with Gasteiger partial charge in [0.05, 0.1) is 11.0 Å². The van der Waals surface area contributed by atoms with Gasteiger partial charge in [0.15, 0.2) is 0 Å². The topological polar surface area (TPSA) is 38.1 Å². The molecule has 1 aliphatic rings. The van der Waals surface area contributed by atoms with E-state index in [0.717, 1.165) is 28.1 Å². The number of carbonyl (C=O) groups excluding carboxylic acids is 1. The van der Waals surface area contributed by atoms with E-state index in [1.54, 1.807) is 0 Å². The zero-order chi connectivity index (χ0) is 18.3. The van der Waals surface area contributed by atoms with Gasteiger partial charge in [-0.2, -0.15) is 0 Å². The van der Waals surface area contributed by atoms with E-state index in [9.17, 15) is 4.79 Å². The number of aromatic nitrogens is 2. The zero-order valence-corrected chi connectivity index (χ0v) is 15.4. The van der Waals surface area contributed by atoms with Crippen LogP contribution in [0.25, 0.3) is 11.0 Å². The molecule has 1 atom stereocenters. The van der Waals surface area contributed by atoms with Gasteiger partial charge in [-0.1, -0.05) is 35.9 Å². The van der Waals surface area contributed by atoms with Gasteiger partial charge in [0, 0.05) is 36.1 Å². The van der Waals surface area contributed by atoms with Crippen molar-refractivity contribution >= 4 is 34.2 Å². The molecule has 0 radical (unpaired) electrons. The van der Waals surface area contributed by atoms with E-state index in [4.69, 9.17) is 16.6 Å². The summed E-state index contributed by atoms with van der Waals surface area (Å²) in [7, 11) is 0. The summed E-state index contributed by atoms with van der Waals surface area (Å²) < 4.78 is 2.16. The molecule has 1 fully saturated rings. The van der Waals surface area contributed by atoms with Crippen LogP contribution in [0.1, 0.15) is 23.7 Å². The predicted molar refractivity (Wildman–Crippen MR) is 106 cm³/mol. The number of rotatable bonds is 4.